The summed E-state index contributed by atoms with van der Waals surface area (Å²) in [6, 6.07) is 25.6. The zero-order valence-corrected chi connectivity index (χ0v) is 22.8. The molecule has 2 amide bonds. The van der Waals surface area contributed by atoms with Gasteiger partial charge in [-0.25, -0.2) is 0 Å². The number of hydrogen-bond acceptors (Lipinski definition) is 3. The third kappa shape index (κ3) is 8.86. The van der Waals surface area contributed by atoms with Crippen LogP contribution in [0.4, 0.5) is 0 Å². The van der Waals surface area contributed by atoms with Crippen molar-refractivity contribution in [1.29, 1.82) is 0 Å². The number of thioether (sulfide) groups is 1. The maximum atomic E-state index is 13.6. The Hall–Kier alpha value is -2.57. The van der Waals surface area contributed by atoms with E-state index in [1.54, 1.807) is 16.7 Å². The molecule has 1 N–H and O–H groups in total. The number of hydrogen-bond donors (Lipinski definition) is 1. The molecule has 0 radical (unpaired) electrons. The van der Waals surface area contributed by atoms with E-state index < -0.39 is 6.04 Å². The smallest absolute Gasteiger partial charge is 0.243 e. The number of carbonyl (C=O) groups is 2. The van der Waals surface area contributed by atoms with Gasteiger partial charge in [0.2, 0.25) is 11.8 Å². The normalized spacial score (nSPS) is 11.6. The molecule has 6 heteroatoms. The van der Waals surface area contributed by atoms with Gasteiger partial charge in [-0.2, -0.15) is 0 Å². The van der Waals surface area contributed by atoms with Crippen molar-refractivity contribution in [2.24, 2.45) is 0 Å². The number of carbonyl (C=O) groups excluding carboxylic acids is 2. The second kappa shape index (κ2) is 14.1. The fourth-order valence-corrected chi connectivity index (χ4v) is 4.98. The molecule has 3 aromatic carbocycles. The molecule has 0 fully saturated rings. The van der Waals surface area contributed by atoms with Gasteiger partial charge in [0.05, 0.1) is 5.75 Å². The van der Waals surface area contributed by atoms with Gasteiger partial charge in [0.1, 0.15) is 6.04 Å². The van der Waals surface area contributed by atoms with E-state index in [2.05, 4.69) is 39.4 Å². The topological polar surface area (TPSA) is 49.4 Å². The SMILES string of the molecule is CCCNC(=O)C(Cc1ccccc1)N(Cc1cccc(C)c1)C(=O)CSCc1ccc(Br)cc1. The Balaban J connectivity index is 1.82. The third-order valence-corrected chi connectivity index (χ3v) is 7.18. The fraction of sp³-hybridized carbons (Fsp3) is 0.310. The van der Waals surface area contributed by atoms with Gasteiger partial charge in [-0.3, -0.25) is 9.59 Å². The molecule has 0 saturated heterocycles. The van der Waals surface area contributed by atoms with E-state index in [1.807, 2.05) is 74.5 Å². The predicted molar refractivity (Wildman–Crippen MR) is 149 cm³/mol. The molecule has 0 heterocycles. The minimum Gasteiger partial charge on any atom is -0.354 e. The molecule has 0 aromatic heterocycles. The lowest BCUT2D eigenvalue weighted by molar-refractivity contribution is -0.139. The van der Waals surface area contributed by atoms with E-state index in [0.29, 0.717) is 25.3 Å². The summed E-state index contributed by atoms with van der Waals surface area (Å²) < 4.78 is 1.04. The second-order valence-electron chi connectivity index (χ2n) is 8.63. The molecular weight excluding hydrogens is 520 g/mol. The number of benzene rings is 3. The van der Waals surface area contributed by atoms with Crippen LogP contribution in [0.2, 0.25) is 0 Å². The van der Waals surface area contributed by atoms with Crippen LogP contribution in [0.25, 0.3) is 0 Å². The average molecular weight is 554 g/mol. The van der Waals surface area contributed by atoms with Gasteiger partial charge < -0.3 is 10.2 Å². The van der Waals surface area contributed by atoms with Crippen LogP contribution in [-0.2, 0) is 28.3 Å². The molecule has 1 atom stereocenters. The summed E-state index contributed by atoms with van der Waals surface area (Å²) in [7, 11) is 0. The van der Waals surface area contributed by atoms with Crippen LogP contribution in [0.1, 0.15) is 35.6 Å². The number of nitrogens with one attached hydrogen (secondary N) is 1. The highest BCUT2D eigenvalue weighted by atomic mass is 79.9. The first-order valence-corrected chi connectivity index (χ1v) is 13.9. The lowest BCUT2D eigenvalue weighted by Crippen LogP contribution is -2.51. The molecule has 0 spiro atoms. The fourth-order valence-electron chi connectivity index (χ4n) is 3.85. The monoisotopic (exact) mass is 552 g/mol. The van der Waals surface area contributed by atoms with E-state index in [1.165, 1.54) is 0 Å². The maximum Gasteiger partial charge on any atom is 0.243 e. The van der Waals surface area contributed by atoms with E-state index in [4.69, 9.17) is 0 Å². The van der Waals surface area contributed by atoms with Crippen LogP contribution < -0.4 is 5.32 Å². The molecule has 0 aliphatic rings. The Bertz CT molecular complexity index is 1090. The number of rotatable bonds is 12. The Labute approximate surface area is 221 Å². The molecule has 35 heavy (non-hydrogen) atoms. The Morgan fingerprint density at radius 2 is 1.66 bits per heavy atom. The van der Waals surface area contributed by atoms with Crippen LogP contribution in [-0.4, -0.2) is 35.1 Å². The van der Waals surface area contributed by atoms with E-state index in [0.717, 1.165) is 38.9 Å². The van der Waals surface area contributed by atoms with Crippen molar-refractivity contribution < 1.29 is 9.59 Å². The third-order valence-electron chi connectivity index (χ3n) is 5.66. The standard InChI is InChI=1S/C29H33BrN2O2S/c1-3-16-31-29(34)27(18-23-9-5-4-6-10-23)32(19-25-11-7-8-22(2)17-25)28(33)21-35-20-24-12-14-26(30)15-13-24/h4-15,17,27H,3,16,18-21H2,1-2H3,(H,31,34). The molecule has 3 aromatic rings. The molecule has 4 nitrogen and oxygen atoms in total. The van der Waals surface area contributed by atoms with Gasteiger partial charge in [-0.05, 0) is 42.2 Å². The lowest BCUT2D eigenvalue weighted by Gasteiger charge is -2.31. The van der Waals surface area contributed by atoms with Crippen LogP contribution in [0.15, 0.2) is 83.3 Å². The van der Waals surface area contributed by atoms with Crippen LogP contribution in [0.5, 0.6) is 0 Å². The highest BCUT2D eigenvalue weighted by molar-refractivity contribution is 9.10. The first kappa shape index (κ1) is 27.0. The minimum absolute atomic E-state index is 0.0267. The number of amides is 2. The largest absolute Gasteiger partial charge is 0.354 e. The summed E-state index contributed by atoms with van der Waals surface area (Å²) in [5, 5.41) is 3.03. The molecule has 3 rings (SSSR count). The Morgan fingerprint density at radius 1 is 0.943 bits per heavy atom. The summed E-state index contributed by atoms with van der Waals surface area (Å²) >= 11 is 5.04. The van der Waals surface area contributed by atoms with Crippen molar-refractivity contribution in [2.45, 2.75) is 45.0 Å². The zero-order valence-electron chi connectivity index (χ0n) is 20.4. The van der Waals surface area contributed by atoms with Gasteiger partial charge in [-0.15, -0.1) is 11.8 Å². The lowest BCUT2D eigenvalue weighted by atomic mass is 10.0. The highest BCUT2D eigenvalue weighted by Crippen LogP contribution is 2.20. The van der Waals surface area contributed by atoms with Crippen molar-refractivity contribution >= 4 is 39.5 Å². The first-order chi connectivity index (χ1) is 17.0. The summed E-state index contributed by atoms with van der Waals surface area (Å²) in [5.74, 6) is 0.924. The maximum absolute atomic E-state index is 13.6. The summed E-state index contributed by atoms with van der Waals surface area (Å²) in [6.07, 6.45) is 1.32. The molecule has 0 aliphatic heterocycles. The molecule has 184 valence electrons. The molecule has 0 aliphatic carbocycles. The summed E-state index contributed by atoms with van der Waals surface area (Å²) in [4.78, 5) is 28.7. The predicted octanol–water partition coefficient (Wildman–Crippen LogP) is 6.16. The quantitative estimate of drug-likeness (QED) is 0.293. The zero-order chi connectivity index (χ0) is 25.0. The van der Waals surface area contributed by atoms with E-state index in [9.17, 15) is 9.59 Å². The van der Waals surface area contributed by atoms with Crippen LogP contribution >= 0.6 is 27.7 Å². The molecular formula is C29H33BrN2O2S. The first-order valence-electron chi connectivity index (χ1n) is 11.9. The summed E-state index contributed by atoms with van der Waals surface area (Å²) in [5.41, 5.74) is 4.36. The van der Waals surface area contributed by atoms with Crippen LogP contribution in [0.3, 0.4) is 0 Å². The number of aryl methyl sites for hydroxylation is 1. The van der Waals surface area contributed by atoms with Crippen molar-refractivity contribution in [3.8, 4) is 0 Å². The van der Waals surface area contributed by atoms with Crippen molar-refractivity contribution in [2.75, 3.05) is 12.3 Å². The van der Waals surface area contributed by atoms with Gasteiger partial charge in [0.25, 0.3) is 0 Å². The molecule has 1 unspecified atom stereocenters. The Kier molecular flexibility index (Phi) is 10.9. The summed E-state index contributed by atoms with van der Waals surface area (Å²) in [6.45, 7) is 5.06. The van der Waals surface area contributed by atoms with Crippen molar-refractivity contribution in [3.05, 3.63) is 106 Å². The highest BCUT2D eigenvalue weighted by Gasteiger charge is 2.30. The molecule has 0 bridgehead atoms. The van der Waals surface area contributed by atoms with Gasteiger partial charge >= 0.3 is 0 Å². The molecule has 0 saturated carbocycles. The van der Waals surface area contributed by atoms with Crippen molar-refractivity contribution in [1.82, 2.24) is 10.2 Å². The van der Waals surface area contributed by atoms with E-state index >= 15 is 0 Å². The average Bonchev–Trinajstić information content (AvgIpc) is 2.86. The van der Waals surface area contributed by atoms with Gasteiger partial charge in [0.15, 0.2) is 0 Å². The van der Waals surface area contributed by atoms with Gasteiger partial charge in [0, 0.05) is 29.7 Å². The van der Waals surface area contributed by atoms with Crippen molar-refractivity contribution in [3.63, 3.8) is 0 Å². The Morgan fingerprint density at radius 3 is 2.34 bits per heavy atom. The second-order valence-corrected chi connectivity index (χ2v) is 10.5. The number of halogens is 1. The van der Waals surface area contributed by atoms with Crippen LogP contribution in [0, 0.1) is 6.92 Å². The van der Waals surface area contributed by atoms with Gasteiger partial charge in [-0.1, -0.05) is 95.1 Å². The minimum atomic E-state index is -0.578. The van der Waals surface area contributed by atoms with E-state index in [-0.39, 0.29) is 11.8 Å². The number of nitrogens with zero attached hydrogens (tertiary/aromatic N) is 1.